The molecular weight excluding hydrogens is 154 g/mol. The molecular formula is C9H17NO2. The summed E-state index contributed by atoms with van der Waals surface area (Å²) < 4.78 is 4.66. The number of ether oxygens (including phenoxy) is 1. The minimum atomic E-state index is -0.638. The number of nitrogens with zero attached hydrogens (tertiary/aromatic N) is 1. The van der Waals surface area contributed by atoms with Gasteiger partial charge in [-0.05, 0) is 20.8 Å². The molecule has 0 saturated carbocycles. The van der Waals surface area contributed by atoms with Gasteiger partial charge in [0, 0.05) is 12.7 Å². The van der Waals surface area contributed by atoms with E-state index in [-0.39, 0.29) is 5.97 Å². The standard InChI is InChI=1S/C9H17NO2/c1-7(2)10(5)9(3,4)8(11)12-6/h1H2,2-6H3. The molecule has 3 nitrogen and oxygen atoms in total. The van der Waals surface area contributed by atoms with Crippen LogP contribution in [0.15, 0.2) is 12.3 Å². The number of allylic oxidation sites excluding steroid dienone is 1. The van der Waals surface area contributed by atoms with Gasteiger partial charge in [-0.3, -0.25) is 0 Å². The zero-order chi connectivity index (χ0) is 9.94. The number of methoxy groups -OCH3 is 1. The lowest BCUT2D eigenvalue weighted by Gasteiger charge is -2.34. The third kappa shape index (κ3) is 2.00. The van der Waals surface area contributed by atoms with Crippen LogP contribution in [0.2, 0.25) is 0 Å². The molecule has 0 aliphatic heterocycles. The van der Waals surface area contributed by atoms with Crippen molar-refractivity contribution in [2.24, 2.45) is 0 Å². The van der Waals surface area contributed by atoms with Crippen LogP contribution < -0.4 is 0 Å². The summed E-state index contributed by atoms with van der Waals surface area (Å²) in [6, 6.07) is 0. The average Bonchev–Trinajstić information content (AvgIpc) is 2.01. The highest BCUT2D eigenvalue weighted by Gasteiger charge is 2.32. The summed E-state index contributed by atoms with van der Waals surface area (Å²) >= 11 is 0. The summed E-state index contributed by atoms with van der Waals surface area (Å²) in [4.78, 5) is 13.1. The van der Waals surface area contributed by atoms with Crippen molar-refractivity contribution in [3.8, 4) is 0 Å². The van der Waals surface area contributed by atoms with Crippen molar-refractivity contribution in [3.63, 3.8) is 0 Å². The lowest BCUT2D eigenvalue weighted by Crippen LogP contribution is -2.47. The largest absolute Gasteiger partial charge is 0.467 e. The molecule has 0 spiro atoms. The highest BCUT2D eigenvalue weighted by molar-refractivity contribution is 5.79. The van der Waals surface area contributed by atoms with Gasteiger partial charge in [-0.15, -0.1) is 0 Å². The Morgan fingerprint density at radius 1 is 1.50 bits per heavy atom. The number of hydrogen-bond acceptors (Lipinski definition) is 3. The fourth-order valence-electron chi connectivity index (χ4n) is 0.864. The van der Waals surface area contributed by atoms with E-state index >= 15 is 0 Å². The SMILES string of the molecule is C=C(C)N(C)C(C)(C)C(=O)OC. The molecule has 0 unspecified atom stereocenters. The highest BCUT2D eigenvalue weighted by atomic mass is 16.5. The van der Waals surface area contributed by atoms with Crippen LogP contribution in [0.25, 0.3) is 0 Å². The summed E-state index contributed by atoms with van der Waals surface area (Å²) in [5, 5.41) is 0. The minimum absolute atomic E-state index is 0.256. The number of carbonyl (C=O) groups excluding carboxylic acids is 1. The monoisotopic (exact) mass is 171 g/mol. The van der Waals surface area contributed by atoms with Crippen LogP contribution in [0, 0.1) is 0 Å². The van der Waals surface area contributed by atoms with Gasteiger partial charge >= 0.3 is 5.97 Å². The Kier molecular flexibility index (Phi) is 3.31. The van der Waals surface area contributed by atoms with E-state index in [1.165, 1.54) is 7.11 Å². The van der Waals surface area contributed by atoms with Crippen molar-refractivity contribution in [1.82, 2.24) is 4.90 Å². The Morgan fingerprint density at radius 2 is 1.92 bits per heavy atom. The second-order valence-corrected chi connectivity index (χ2v) is 3.34. The molecule has 0 bridgehead atoms. The van der Waals surface area contributed by atoms with Gasteiger partial charge in [0.05, 0.1) is 7.11 Å². The average molecular weight is 171 g/mol. The fraction of sp³-hybridized carbons (Fsp3) is 0.667. The topological polar surface area (TPSA) is 29.5 Å². The lowest BCUT2D eigenvalue weighted by molar-refractivity contribution is -0.151. The van der Waals surface area contributed by atoms with E-state index in [1.807, 2.05) is 14.0 Å². The Balaban J connectivity index is 4.60. The summed E-state index contributed by atoms with van der Waals surface area (Å²) in [6.45, 7) is 9.21. The van der Waals surface area contributed by atoms with E-state index in [2.05, 4.69) is 11.3 Å². The molecule has 12 heavy (non-hydrogen) atoms. The molecule has 0 fully saturated rings. The quantitative estimate of drug-likeness (QED) is 0.601. The zero-order valence-electron chi connectivity index (χ0n) is 8.47. The van der Waals surface area contributed by atoms with Crippen molar-refractivity contribution < 1.29 is 9.53 Å². The van der Waals surface area contributed by atoms with E-state index in [0.717, 1.165) is 5.70 Å². The zero-order valence-corrected chi connectivity index (χ0v) is 8.47. The molecule has 0 aliphatic rings. The molecule has 0 radical (unpaired) electrons. The van der Waals surface area contributed by atoms with E-state index < -0.39 is 5.54 Å². The van der Waals surface area contributed by atoms with Gasteiger partial charge in [0.1, 0.15) is 5.54 Å². The predicted molar refractivity (Wildman–Crippen MR) is 48.7 cm³/mol. The Morgan fingerprint density at radius 3 is 2.17 bits per heavy atom. The van der Waals surface area contributed by atoms with Crippen molar-refractivity contribution in [1.29, 1.82) is 0 Å². The molecule has 0 amide bonds. The van der Waals surface area contributed by atoms with Crippen LogP contribution in [0.3, 0.4) is 0 Å². The molecule has 0 N–H and O–H groups in total. The first-order valence-electron chi connectivity index (χ1n) is 3.81. The first kappa shape index (κ1) is 11.0. The molecule has 3 heteroatoms. The Bertz CT molecular complexity index is 197. The smallest absolute Gasteiger partial charge is 0.331 e. The van der Waals surface area contributed by atoms with E-state index in [0.29, 0.717) is 0 Å². The first-order valence-corrected chi connectivity index (χ1v) is 3.81. The van der Waals surface area contributed by atoms with Gasteiger partial charge < -0.3 is 9.64 Å². The van der Waals surface area contributed by atoms with E-state index in [1.54, 1.807) is 18.7 Å². The summed E-state index contributed by atoms with van der Waals surface area (Å²) in [6.07, 6.45) is 0. The van der Waals surface area contributed by atoms with Crippen LogP contribution in [-0.2, 0) is 9.53 Å². The second kappa shape index (κ2) is 3.61. The fourth-order valence-corrected chi connectivity index (χ4v) is 0.864. The highest BCUT2D eigenvalue weighted by Crippen LogP contribution is 2.17. The third-order valence-electron chi connectivity index (χ3n) is 2.10. The molecule has 0 saturated heterocycles. The van der Waals surface area contributed by atoms with Crippen molar-refractivity contribution in [3.05, 3.63) is 12.3 Å². The third-order valence-corrected chi connectivity index (χ3v) is 2.10. The van der Waals surface area contributed by atoms with Gasteiger partial charge in [-0.25, -0.2) is 4.79 Å². The summed E-state index contributed by atoms with van der Waals surface area (Å²) in [5.41, 5.74) is 0.200. The van der Waals surface area contributed by atoms with Crippen molar-refractivity contribution in [2.75, 3.05) is 14.2 Å². The minimum Gasteiger partial charge on any atom is -0.467 e. The molecule has 0 aromatic heterocycles. The number of rotatable bonds is 3. The second-order valence-electron chi connectivity index (χ2n) is 3.34. The number of carbonyl (C=O) groups is 1. The van der Waals surface area contributed by atoms with Gasteiger partial charge in [-0.2, -0.15) is 0 Å². The van der Waals surface area contributed by atoms with E-state index in [9.17, 15) is 4.79 Å². The van der Waals surface area contributed by atoms with Crippen LogP contribution in [0.5, 0.6) is 0 Å². The van der Waals surface area contributed by atoms with Gasteiger partial charge in [-0.1, -0.05) is 6.58 Å². The van der Waals surface area contributed by atoms with Crippen LogP contribution >= 0.6 is 0 Å². The Labute approximate surface area is 74.0 Å². The maximum absolute atomic E-state index is 11.3. The van der Waals surface area contributed by atoms with Crippen molar-refractivity contribution in [2.45, 2.75) is 26.3 Å². The first-order chi connectivity index (χ1) is 5.34. The molecule has 0 heterocycles. The molecule has 0 rings (SSSR count). The predicted octanol–water partition coefficient (Wildman–Crippen LogP) is 1.40. The van der Waals surface area contributed by atoms with Crippen molar-refractivity contribution >= 4 is 5.97 Å². The van der Waals surface area contributed by atoms with Gasteiger partial charge in [0.25, 0.3) is 0 Å². The number of esters is 1. The van der Waals surface area contributed by atoms with Crippen LogP contribution in [0.4, 0.5) is 0 Å². The lowest BCUT2D eigenvalue weighted by atomic mass is 10.0. The summed E-state index contributed by atoms with van der Waals surface area (Å²) in [7, 11) is 3.20. The number of likely N-dealkylation sites (N-methyl/N-ethyl adjacent to an activating group) is 1. The summed E-state index contributed by atoms with van der Waals surface area (Å²) in [5.74, 6) is -0.256. The molecule has 0 aliphatic carbocycles. The normalized spacial score (nSPS) is 10.8. The molecule has 0 aromatic carbocycles. The van der Waals surface area contributed by atoms with Crippen LogP contribution in [-0.4, -0.2) is 30.6 Å². The maximum atomic E-state index is 11.3. The number of hydrogen-bond donors (Lipinski definition) is 0. The molecule has 0 atom stereocenters. The van der Waals surface area contributed by atoms with E-state index in [4.69, 9.17) is 0 Å². The van der Waals surface area contributed by atoms with Crippen LogP contribution in [0.1, 0.15) is 20.8 Å². The van der Waals surface area contributed by atoms with Gasteiger partial charge in [0.15, 0.2) is 0 Å². The Hall–Kier alpha value is -0.990. The maximum Gasteiger partial charge on any atom is 0.331 e. The molecule has 0 aromatic rings. The molecule has 70 valence electrons. The van der Waals surface area contributed by atoms with Gasteiger partial charge in [0.2, 0.25) is 0 Å².